The number of amides is 2. The highest BCUT2D eigenvalue weighted by molar-refractivity contribution is 7.91. The molecule has 200 valence electrons. The lowest BCUT2D eigenvalue weighted by Crippen LogP contribution is -2.18. The summed E-state index contributed by atoms with van der Waals surface area (Å²) in [5.74, 6) is -1.66. The summed E-state index contributed by atoms with van der Waals surface area (Å²) < 4.78 is 50.2. The lowest BCUT2D eigenvalue weighted by molar-refractivity contribution is 0.0995. The second-order valence-corrected chi connectivity index (χ2v) is 13.0. The minimum Gasteiger partial charge on any atom is -0.366 e. The number of halogens is 1. The third-order valence-corrected chi connectivity index (χ3v) is 8.39. The Morgan fingerprint density at radius 2 is 1.54 bits per heavy atom. The van der Waals surface area contributed by atoms with Gasteiger partial charge < -0.3 is 11.1 Å². The molecule has 0 radical (unpaired) electrons. The molecule has 3 N–H and O–H groups in total. The number of nitrogens with two attached hydrogens (primary N) is 1. The Hall–Kier alpha value is -4.06. The van der Waals surface area contributed by atoms with Crippen LogP contribution in [0.3, 0.4) is 0 Å². The van der Waals surface area contributed by atoms with Crippen molar-refractivity contribution in [2.75, 3.05) is 17.8 Å². The fourth-order valence-electron chi connectivity index (χ4n) is 4.04. The number of hydrogen-bond donors (Lipinski definition) is 2. The fraction of sp³-hybridized carbons (Fsp3) is 0.0741. The van der Waals surface area contributed by atoms with Crippen LogP contribution in [-0.4, -0.2) is 46.1 Å². The molecule has 0 aliphatic carbocycles. The van der Waals surface area contributed by atoms with Crippen LogP contribution in [-0.2, 0) is 19.7 Å². The zero-order valence-electron chi connectivity index (χ0n) is 20.7. The Bertz CT molecular complexity index is 1840. The maximum absolute atomic E-state index is 13.5. The molecule has 0 fully saturated rings. The molecule has 2 amide bonds. The van der Waals surface area contributed by atoms with Crippen LogP contribution in [0.1, 0.15) is 20.7 Å². The van der Waals surface area contributed by atoms with Gasteiger partial charge in [-0.2, -0.15) is 0 Å². The van der Waals surface area contributed by atoms with Gasteiger partial charge in [0.15, 0.2) is 19.7 Å². The van der Waals surface area contributed by atoms with E-state index in [2.05, 4.69) is 10.3 Å². The largest absolute Gasteiger partial charge is 0.366 e. The van der Waals surface area contributed by atoms with Crippen molar-refractivity contribution in [1.29, 1.82) is 0 Å². The van der Waals surface area contributed by atoms with Crippen molar-refractivity contribution < 1.29 is 26.4 Å². The third-order valence-electron chi connectivity index (χ3n) is 5.77. The first kappa shape index (κ1) is 28.0. The van der Waals surface area contributed by atoms with Crippen LogP contribution >= 0.6 is 11.6 Å². The molecule has 9 nitrogen and oxygen atoms in total. The van der Waals surface area contributed by atoms with Crippen molar-refractivity contribution in [3.63, 3.8) is 0 Å². The Labute approximate surface area is 230 Å². The van der Waals surface area contributed by atoms with Gasteiger partial charge in [0.25, 0.3) is 5.91 Å². The van der Waals surface area contributed by atoms with Crippen molar-refractivity contribution in [2.24, 2.45) is 5.73 Å². The maximum Gasteiger partial charge on any atom is 0.256 e. The van der Waals surface area contributed by atoms with Gasteiger partial charge in [-0.15, -0.1) is 0 Å². The molecule has 39 heavy (non-hydrogen) atoms. The minimum absolute atomic E-state index is 0.0159. The van der Waals surface area contributed by atoms with Crippen LogP contribution in [0.15, 0.2) is 88.8 Å². The fourth-order valence-corrected chi connectivity index (χ4v) is 6.04. The van der Waals surface area contributed by atoms with Gasteiger partial charge in [-0.3, -0.25) is 14.6 Å². The van der Waals surface area contributed by atoms with Gasteiger partial charge in [0, 0.05) is 41.1 Å². The van der Waals surface area contributed by atoms with E-state index in [0.717, 1.165) is 12.5 Å². The highest BCUT2D eigenvalue weighted by Crippen LogP contribution is 2.35. The first-order valence-corrected chi connectivity index (χ1v) is 15.4. The standard InChI is InChI=1S/C27H22ClN3O6S2/c1-38(34,35)17-10-11-19(21(15-17)18-6-5-7-20(26(29)32)25(18)39(2,36)37)27(33)31-16-9-12-23(28)22(14-16)24-8-3-4-13-30-24/h3-15H,1-2H3,(H2,29,32)(H,31,33). The van der Waals surface area contributed by atoms with E-state index in [0.29, 0.717) is 22.0 Å². The van der Waals surface area contributed by atoms with Crippen molar-refractivity contribution in [2.45, 2.75) is 9.79 Å². The van der Waals surface area contributed by atoms with Crippen LogP contribution in [0.2, 0.25) is 5.02 Å². The predicted molar refractivity (Wildman–Crippen MR) is 149 cm³/mol. The van der Waals surface area contributed by atoms with Crippen molar-refractivity contribution in [1.82, 2.24) is 4.98 Å². The molecule has 0 atom stereocenters. The zero-order valence-corrected chi connectivity index (χ0v) is 23.1. The predicted octanol–water partition coefficient (Wildman–Crippen LogP) is 4.23. The smallest absolute Gasteiger partial charge is 0.256 e. The molecule has 0 saturated carbocycles. The average molecular weight is 584 g/mol. The van der Waals surface area contributed by atoms with Crippen LogP contribution in [0.25, 0.3) is 22.4 Å². The van der Waals surface area contributed by atoms with Crippen LogP contribution in [0.4, 0.5) is 5.69 Å². The van der Waals surface area contributed by atoms with Crippen molar-refractivity contribution >= 4 is 48.8 Å². The Morgan fingerprint density at radius 3 is 2.15 bits per heavy atom. The van der Waals surface area contributed by atoms with Crippen molar-refractivity contribution in [3.8, 4) is 22.4 Å². The number of carbonyl (C=O) groups is 2. The summed E-state index contributed by atoms with van der Waals surface area (Å²) in [7, 11) is -7.80. The zero-order chi connectivity index (χ0) is 28.5. The van der Waals surface area contributed by atoms with Gasteiger partial charge in [-0.05, 0) is 60.2 Å². The Morgan fingerprint density at radius 1 is 0.795 bits per heavy atom. The van der Waals surface area contributed by atoms with Crippen LogP contribution in [0, 0.1) is 0 Å². The second kappa shape index (κ2) is 10.6. The second-order valence-electron chi connectivity index (χ2n) is 8.66. The molecule has 12 heteroatoms. The van der Waals surface area contributed by atoms with Gasteiger partial charge in [0.1, 0.15) is 0 Å². The lowest BCUT2D eigenvalue weighted by atomic mass is 9.97. The number of pyridine rings is 1. The van der Waals surface area contributed by atoms with Gasteiger partial charge in [0.2, 0.25) is 5.91 Å². The van der Waals surface area contributed by atoms with E-state index in [-0.39, 0.29) is 27.1 Å². The molecule has 1 aromatic heterocycles. The highest BCUT2D eigenvalue weighted by atomic mass is 35.5. The SMILES string of the molecule is CS(=O)(=O)c1ccc(C(=O)Nc2ccc(Cl)c(-c3ccccn3)c2)c(-c2cccc(C(N)=O)c2S(C)(=O)=O)c1. The molecule has 4 rings (SSSR count). The average Bonchev–Trinajstić information content (AvgIpc) is 2.88. The summed E-state index contributed by atoms with van der Waals surface area (Å²) in [4.78, 5) is 29.3. The summed E-state index contributed by atoms with van der Waals surface area (Å²) in [5.41, 5.74) is 6.55. The van der Waals surface area contributed by atoms with E-state index < -0.39 is 36.4 Å². The molecular formula is C27H22ClN3O6S2. The molecule has 3 aromatic carbocycles. The number of anilines is 1. The summed E-state index contributed by atoms with van der Waals surface area (Å²) in [5, 5.41) is 3.15. The first-order chi connectivity index (χ1) is 18.3. The molecule has 0 aliphatic rings. The lowest BCUT2D eigenvalue weighted by Gasteiger charge is -2.17. The third kappa shape index (κ3) is 6.00. The molecule has 4 aromatic rings. The first-order valence-electron chi connectivity index (χ1n) is 11.3. The summed E-state index contributed by atoms with van der Waals surface area (Å²) in [6, 6.07) is 17.8. The summed E-state index contributed by atoms with van der Waals surface area (Å²) in [6.45, 7) is 0. The molecule has 0 spiro atoms. The number of carbonyl (C=O) groups excluding carboxylic acids is 2. The summed E-state index contributed by atoms with van der Waals surface area (Å²) in [6.07, 6.45) is 3.48. The number of aromatic nitrogens is 1. The number of hydrogen-bond acceptors (Lipinski definition) is 7. The number of nitrogens with zero attached hydrogens (tertiary/aromatic N) is 1. The van der Waals surface area contributed by atoms with Crippen molar-refractivity contribution in [3.05, 3.63) is 95.1 Å². The van der Waals surface area contributed by atoms with E-state index in [4.69, 9.17) is 17.3 Å². The Kier molecular flexibility index (Phi) is 7.60. The van der Waals surface area contributed by atoms with Gasteiger partial charge in [-0.25, -0.2) is 16.8 Å². The van der Waals surface area contributed by atoms with E-state index in [1.54, 1.807) is 42.6 Å². The maximum atomic E-state index is 13.5. The number of rotatable bonds is 7. The van der Waals surface area contributed by atoms with Gasteiger partial charge in [0.05, 0.1) is 26.1 Å². The molecule has 0 aliphatic heterocycles. The molecule has 0 bridgehead atoms. The molecule has 0 unspecified atom stereocenters. The number of benzene rings is 3. The van der Waals surface area contributed by atoms with E-state index >= 15 is 0 Å². The number of sulfone groups is 2. The monoisotopic (exact) mass is 583 g/mol. The Balaban J connectivity index is 1.89. The quantitative estimate of drug-likeness (QED) is 0.330. The normalized spacial score (nSPS) is 11.7. The molecule has 1 heterocycles. The number of primary amides is 1. The van der Waals surface area contributed by atoms with E-state index in [1.807, 2.05) is 0 Å². The van der Waals surface area contributed by atoms with Crippen LogP contribution in [0.5, 0.6) is 0 Å². The van der Waals surface area contributed by atoms with Gasteiger partial charge >= 0.3 is 0 Å². The molecule has 0 saturated heterocycles. The van der Waals surface area contributed by atoms with E-state index in [9.17, 15) is 26.4 Å². The topological polar surface area (TPSA) is 153 Å². The van der Waals surface area contributed by atoms with E-state index in [1.165, 1.54) is 36.4 Å². The number of nitrogens with one attached hydrogen (secondary N) is 1. The summed E-state index contributed by atoms with van der Waals surface area (Å²) >= 11 is 6.35. The molecular weight excluding hydrogens is 562 g/mol. The van der Waals surface area contributed by atoms with Crippen LogP contribution < -0.4 is 11.1 Å². The highest BCUT2D eigenvalue weighted by Gasteiger charge is 2.26. The minimum atomic E-state index is -4.05. The van der Waals surface area contributed by atoms with Gasteiger partial charge in [-0.1, -0.05) is 29.8 Å².